The summed E-state index contributed by atoms with van der Waals surface area (Å²) in [4.78, 5) is 11.2. The molecule has 0 N–H and O–H groups in total. The Balaban J connectivity index is 2.26. The minimum Gasteiger partial charge on any atom is -0.465 e. The average Bonchev–Trinajstić information content (AvgIpc) is 2.59. The van der Waals surface area contributed by atoms with Gasteiger partial charge in [0.25, 0.3) is 0 Å². The summed E-state index contributed by atoms with van der Waals surface area (Å²) >= 11 is 2.14. The molecule has 1 aliphatic carbocycles. The lowest BCUT2D eigenvalue weighted by Crippen LogP contribution is -2.17. The van der Waals surface area contributed by atoms with Gasteiger partial charge in [-0.05, 0) is 28.7 Å². The highest BCUT2D eigenvalue weighted by atomic mass is 127. The number of ether oxygens (including phenoxy) is 1. The molecular weight excluding hydrogens is 295 g/mol. The first-order valence-corrected chi connectivity index (χ1v) is 5.09. The van der Waals surface area contributed by atoms with E-state index in [0.29, 0.717) is 5.57 Å². The van der Waals surface area contributed by atoms with Gasteiger partial charge in [-0.25, -0.2) is 4.79 Å². The topological polar surface area (TPSA) is 51.0 Å². The van der Waals surface area contributed by atoms with E-state index in [2.05, 4.69) is 37.5 Å². The molecule has 4 nitrogen and oxygen atoms in total. The minimum atomic E-state index is -0.343. The van der Waals surface area contributed by atoms with Crippen LogP contribution in [-0.4, -0.2) is 22.5 Å². The number of hydrogen-bond acceptors (Lipinski definition) is 4. The molecule has 14 heavy (non-hydrogen) atoms. The van der Waals surface area contributed by atoms with Gasteiger partial charge in [0.15, 0.2) is 0 Å². The van der Waals surface area contributed by atoms with Crippen molar-refractivity contribution in [3.63, 3.8) is 0 Å². The van der Waals surface area contributed by atoms with Gasteiger partial charge in [-0.3, -0.25) is 0 Å². The molecule has 0 bridgehead atoms. The van der Waals surface area contributed by atoms with Crippen molar-refractivity contribution in [1.29, 1.82) is 0 Å². The molecule has 1 atom stereocenters. The fourth-order valence-corrected chi connectivity index (χ4v) is 1.94. The Kier molecular flexibility index (Phi) is 2.49. The van der Waals surface area contributed by atoms with Gasteiger partial charge in [-0.2, -0.15) is 5.10 Å². The Morgan fingerprint density at radius 3 is 3.07 bits per heavy atom. The number of esters is 1. The molecule has 0 saturated heterocycles. The highest BCUT2D eigenvalue weighted by molar-refractivity contribution is 14.1. The molecule has 0 aromatic carbocycles. The second-order valence-corrected chi connectivity index (χ2v) is 3.98. The summed E-state index contributed by atoms with van der Waals surface area (Å²) in [6.45, 7) is 0. The van der Waals surface area contributed by atoms with Crippen molar-refractivity contribution < 1.29 is 9.53 Å². The number of carbonyl (C=O) groups excluding carboxylic acids is 1. The standard InChI is InChI=1S/C9H7IN2O2/c1-14-9(13)5-2-3-6-7(4-5)11-12-8(6)10/h2-4,6H,1H3/t6-/m1/s1. The predicted octanol–water partition coefficient (Wildman–Crippen LogP) is 1.47. The summed E-state index contributed by atoms with van der Waals surface area (Å²) in [5, 5.41) is 7.91. The van der Waals surface area contributed by atoms with Gasteiger partial charge in [-0.1, -0.05) is 12.2 Å². The van der Waals surface area contributed by atoms with Crippen molar-refractivity contribution in [2.24, 2.45) is 16.1 Å². The highest BCUT2D eigenvalue weighted by Crippen LogP contribution is 2.24. The van der Waals surface area contributed by atoms with E-state index in [1.54, 1.807) is 12.2 Å². The largest absolute Gasteiger partial charge is 0.465 e. The van der Waals surface area contributed by atoms with Crippen LogP contribution in [0.3, 0.4) is 0 Å². The lowest BCUT2D eigenvalue weighted by atomic mass is 9.96. The van der Waals surface area contributed by atoms with Crippen LogP contribution < -0.4 is 0 Å². The first-order valence-electron chi connectivity index (χ1n) is 4.01. The first kappa shape index (κ1) is 9.57. The summed E-state index contributed by atoms with van der Waals surface area (Å²) in [5.41, 5.74) is 1.32. The molecule has 0 aromatic rings. The number of nitrogens with zero attached hydrogens (tertiary/aromatic N) is 2. The van der Waals surface area contributed by atoms with E-state index in [0.717, 1.165) is 9.43 Å². The van der Waals surface area contributed by atoms with Gasteiger partial charge in [0.1, 0.15) is 3.72 Å². The van der Waals surface area contributed by atoms with E-state index in [4.69, 9.17) is 0 Å². The number of allylic oxidation sites excluding steroid dienone is 2. The molecule has 0 spiro atoms. The van der Waals surface area contributed by atoms with E-state index in [1.807, 2.05) is 6.08 Å². The van der Waals surface area contributed by atoms with E-state index >= 15 is 0 Å². The van der Waals surface area contributed by atoms with E-state index in [1.165, 1.54) is 7.11 Å². The maximum Gasteiger partial charge on any atom is 0.337 e. The molecule has 2 rings (SSSR count). The van der Waals surface area contributed by atoms with Crippen molar-refractivity contribution in [1.82, 2.24) is 0 Å². The van der Waals surface area contributed by atoms with Crippen molar-refractivity contribution >= 4 is 38.0 Å². The zero-order valence-electron chi connectivity index (χ0n) is 7.40. The van der Waals surface area contributed by atoms with E-state index in [-0.39, 0.29) is 11.9 Å². The van der Waals surface area contributed by atoms with Gasteiger partial charge >= 0.3 is 5.97 Å². The smallest absolute Gasteiger partial charge is 0.337 e. The van der Waals surface area contributed by atoms with Crippen molar-refractivity contribution in [2.45, 2.75) is 0 Å². The molecule has 72 valence electrons. The number of fused-ring (bicyclic) bond motifs is 1. The number of carbonyl (C=O) groups is 1. The monoisotopic (exact) mass is 302 g/mol. The maximum atomic E-state index is 11.2. The zero-order chi connectivity index (χ0) is 10.1. The molecule has 1 aliphatic heterocycles. The third-order valence-electron chi connectivity index (χ3n) is 2.03. The van der Waals surface area contributed by atoms with Crippen LogP contribution in [0.15, 0.2) is 34.0 Å². The molecule has 0 fully saturated rings. The van der Waals surface area contributed by atoms with Gasteiger partial charge in [0.2, 0.25) is 0 Å². The predicted molar refractivity (Wildman–Crippen MR) is 61.6 cm³/mol. The Morgan fingerprint density at radius 2 is 2.36 bits per heavy atom. The quantitative estimate of drug-likeness (QED) is 0.544. The summed E-state index contributed by atoms with van der Waals surface area (Å²) in [5.74, 6) is -0.215. The maximum absolute atomic E-state index is 11.2. The highest BCUT2D eigenvalue weighted by Gasteiger charge is 2.26. The molecule has 0 aromatic heterocycles. The fraction of sp³-hybridized carbons (Fsp3) is 0.222. The number of halogens is 1. The average molecular weight is 302 g/mol. The molecule has 1 heterocycles. The van der Waals surface area contributed by atoms with Gasteiger partial charge in [0.05, 0.1) is 24.3 Å². The van der Waals surface area contributed by atoms with Gasteiger partial charge in [0, 0.05) is 0 Å². The number of hydrogen-bond donors (Lipinski definition) is 0. The lowest BCUT2D eigenvalue weighted by Gasteiger charge is -2.10. The third-order valence-corrected chi connectivity index (χ3v) is 2.92. The Morgan fingerprint density at radius 1 is 1.57 bits per heavy atom. The van der Waals surface area contributed by atoms with Gasteiger partial charge in [-0.15, -0.1) is 5.10 Å². The number of methoxy groups -OCH3 is 1. The molecule has 0 saturated carbocycles. The second-order valence-electron chi connectivity index (χ2n) is 2.88. The van der Waals surface area contributed by atoms with Crippen LogP contribution in [-0.2, 0) is 9.53 Å². The van der Waals surface area contributed by atoms with Crippen LogP contribution in [0.2, 0.25) is 0 Å². The summed E-state index contributed by atoms with van der Waals surface area (Å²) in [6, 6.07) is 0. The molecule has 2 aliphatic rings. The molecule has 5 heteroatoms. The van der Waals surface area contributed by atoms with Crippen LogP contribution >= 0.6 is 22.6 Å². The third kappa shape index (κ3) is 1.52. The van der Waals surface area contributed by atoms with Crippen molar-refractivity contribution in [2.75, 3.05) is 7.11 Å². The van der Waals surface area contributed by atoms with E-state index < -0.39 is 0 Å². The van der Waals surface area contributed by atoms with Crippen LogP contribution in [0, 0.1) is 5.92 Å². The normalized spacial score (nSPS) is 23.6. The first-order chi connectivity index (χ1) is 6.72. The summed E-state index contributed by atoms with van der Waals surface area (Å²) in [6.07, 6.45) is 5.37. The molecule has 0 amide bonds. The van der Waals surface area contributed by atoms with Crippen LogP contribution in [0.4, 0.5) is 0 Å². The lowest BCUT2D eigenvalue weighted by molar-refractivity contribution is -0.135. The molecular formula is C9H7IN2O2. The van der Waals surface area contributed by atoms with Crippen molar-refractivity contribution in [3.05, 3.63) is 23.8 Å². The summed E-state index contributed by atoms with van der Waals surface area (Å²) in [7, 11) is 1.36. The second kappa shape index (κ2) is 3.64. The Hall–Kier alpha value is -0.980. The Bertz CT molecular complexity index is 407. The fourth-order valence-electron chi connectivity index (χ4n) is 1.30. The summed E-state index contributed by atoms with van der Waals surface area (Å²) < 4.78 is 5.54. The minimum absolute atomic E-state index is 0.129. The zero-order valence-corrected chi connectivity index (χ0v) is 9.56. The Labute approximate surface area is 94.6 Å². The van der Waals surface area contributed by atoms with E-state index in [9.17, 15) is 4.79 Å². The van der Waals surface area contributed by atoms with Crippen molar-refractivity contribution in [3.8, 4) is 0 Å². The van der Waals surface area contributed by atoms with Crippen LogP contribution in [0.25, 0.3) is 0 Å². The SMILES string of the molecule is COC(=O)C1=CC2=NN=C(I)[C@@H]2C=C1. The number of rotatable bonds is 1. The molecule has 0 radical (unpaired) electrons. The van der Waals surface area contributed by atoms with Crippen LogP contribution in [0.5, 0.6) is 0 Å². The van der Waals surface area contributed by atoms with Gasteiger partial charge < -0.3 is 4.74 Å². The van der Waals surface area contributed by atoms with Crippen LogP contribution in [0.1, 0.15) is 0 Å². The molecule has 0 unspecified atom stereocenters.